The Morgan fingerprint density at radius 3 is 2.33 bits per heavy atom. The van der Waals surface area contributed by atoms with Gasteiger partial charge in [0.25, 0.3) is 0 Å². The van der Waals surface area contributed by atoms with E-state index >= 15 is 0 Å². The van der Waals surface area contributed by atoms with Crippen molar-refractivity contribution in [2.45, 2.75) is 60.0 Å². The lowest BCUT2D eigenvalue weighted by atomic mass is 10.1. The van der Waals surface area contributed by atoms with Gasteiger partial charge in [-0.3, -0.25) is 4.57 Å². The van der Waals surface area contributed by atoms with E-state index in [0.717, 1.165) is 31.9 Å². The molecule has 104 valence electrons. The zero-order chi connectivity index (χ0) is 13.7. The summed E-state index contributed by atoms with van der Waals surface area (Å²) in [5.74, 6) is 1.60. The molecule has 0 aliphatic heterocycles. The quantitative estimate of drug-likeness (QED) is 0.769. The Morgan fingerprint density at radius 1 is 1.28 bits per heavy atom. The van der Waals surface area contributed by atoms with E-state index in [2.05, 4.69) is 54.3 Å². The van der Waals surface area contributed by atoms with Crippen LogP contribution in [0.1, 0.15) is 47.5 Å². The molecule has 0 spiro atoms. The van der Waals surface area contributed by atoms with Gasteiger partial charge in [0.05, 0.1) is 0 Å². The highest BCUT2D eigenvalue weighted by atomic mass is 32.1. The molecule has 1 aromatic heterocycles. The lowest BCUT2D eigenvalue weighted by molar-refractivity contribution is 0.489. The molecular formula is C13H26N4S. The minimum absolute atomic E-state index is 0.530. The zero-order valence-electron chi connectivity index (χ0n) is 12.2. The summed E-state index contributed by atoms with van der Waals surface area (Å²) >= 11 is 5.28. The summed E-state index contributed by atoms with van der Waals surface area (Å²) in [6.45, 7) is 12.9. The number of hydrogen-bond donors (Lipinski definition) is 1. The summed E-state index contributed by atoms with van der Waals surface area (Å²) < 4.78 is 2.79. The third-order valence-electron chi connectivity index (χ3n) is 3.26. The molecule has 0 radical (unpaired) electrons. The van der Waals surface area contributed by atoms with Gasteiger partial charge in [-0.2, -0.15) is 0 Å². The van der Waals surface area contributed by atoms with Crippen LogP contribution in [0.5, 0.6) is 0 Å². The minimum Gasteiger partial charge on any atom is -0.338 e. The van der Waals surface area contributed by atoms with Gasteiger partial charge in [0.2, 0.25) is 5.95 Å². The molecule has 0 bridgehead atoms. The average molecular weight is 270 g/mol. The second-order valence-corrected chi connectivity index (χ2v) is 5.48. The van der Waals surface area contributed by atoms with Crippen LogP contribution in [0, 0.1) is 10.7 Å². The molecular weight excluding hydrogens is 244 g/mol. The van der Waals surface area contributed by atoms with E-state index < -0.39 is 0 Å². The van der Waals surface area contributed by atoms with Gasteiger partial charge in [0, 0.05) is 19.1 Å². The van der Waals surface area contributed by atoms with Gasteiger partial charge in [-0.15, -0.1) is 5.10 Å². The van der Waals surface area contributed by atoms with Gasteiger partial charge in [-0.05, 0) is 37.9 Å². The second-order valence-electron chi connectivity index (χ2n) is 5.09. The number of anilines is 1. The van der Waals surface area contributed by atoms with E-state index in [4.69, 9.17) is 12.2 Å². The Balaban J connectivity index is 3.11. The van der Waals surface area contributed by atoms with Crippen LogP contribution in [-0.4, -0.2) is 27.4 Å². The van der Waals surface area contributed by atoms with Gasteiger partial charge in [-0.25, -0.2) is 5.10 Å². The number of aromatic amines is 1. The molecule has 0 unspecified atom stereocenters. The van der Waals surface area contributed by atoms with Crippen molar-refractivity contribution in [3.63, 3.8) is 0 Å². The first-order valence-corrected chi connectivity index (χ1v) is 7.37. The number of rotatable bonds is 7. The highest BCUT2D eigenvalue weighted by Crippen LogP contribution is 2.20. The van der Waals surface area contributed by atoms with Crippen molar-refractivity contribution in [3.05, 3.63) is 4.77 Å². The maximum Gasteiger partial charge on any atom is 0.225 e. The molecule has 0 aliphatic carbocycles. The largest absolute Gasteiger partial charge is 0.338 e. The lowest BCUT2D eigenvalue weighted by Gasteiger charge is -2.32. The van der Waals surface area contributed by atoms with Gasteiger partial charge in [0.15, 0.2) is 4.77 Å². The standard InChI is InChI=1S/C13H26N4S/c1-6-11(7-2)17(9-10(4)5)12-14-15-13(18)16(12)8-3/h10-11H,6-9H2,1-5H3,(H,15,18). The Hall–Kier alpha value is -0.840. The van der Waals surface area contributed by atoms with Crippen LogP contribution in [-0.2, 0) is 6.54 Å². The summed E-state index contributed by atoms with van der Waals surface area (Å²) in [6.07, 6.45) is 2.26. The summed E-state index contributed by atoms with van der Waals surface area (Å²) in [4.78, 5) is 2.40. The molecule has 4 nitrogen and oxygen atoms in total. The van der Waals surface area contributed by atoms with Crippen LogP contribution >= 0.6 is 12.2 Å². The van der Waals surface area contributed by atoms with Crippen LogP contribution in [0.4, 0.5) is 5.95 Å². The maximum atomic E-state index is 5.28. The fraction of sp³-hybridized carbons (Fsp3) is 0.846. The first-order valence-electron chi connectivity index (χ1n) is 6.96. The van der Waals surface area contributed by atoms with Crippen molar-refractivity contribution in [2.75, 3.05) is 11.4 Å². The van der Waals surface area contributed by atoms with Crippen molar-refractivity contribution < 1.29 is 0 Å². The highest BCUT2D eigenvalue weighted by molar-refractivity contribution is 7.71. The molecule has 1 N–H and O–H groups in total. The van der Waals surface area contributed by atoms with Crippen LogP contribution in [0.25, 0.3) is 0 Å². The van der Waals surface area contributed by atoms with E-state index in [9.17, 15) is 0 Å². The topological polar surface area (TPSA) is 36.9 Å². The highest BCUT2D eigenvalue weighted by Gasteiger charge is 2.21. The van der Waals surface area contributed by atoms with Crippen molar-refractivity contribution in [1.29, 1.82) is 0 Å². The molecule has 0 saturated heterocycles. The van der Waals surface area contributed by atoms with Gasteiger partial charge >= 0.3 is 0 Å². The Labute approximate surface area is 115 Å². The lowest BCUT2D eigenvalue weighted by Crippen LogP contribution is -2.39. The zero-order valence-corrected chi connectivity index (χ0v) is 13.0. The average Bonchev–Trinajstić information content (AvgIpc) is 2.70. The monoisotopic (exact) mass is 270 g/mol. The predicted octanol–water partition coefficient (Wildman–Crippen LogP) is 3.61. The number of H-pyrrole nitrogens is 1. The number of nitrogens with zero attached hydrogens (tertiary/aromatic N) is 3. The molecule has 1 rings (SSSR count). The summed E-state index contributed by atoms with van der Waals surface area (Å²) in [7, 11) is 0. The van der Waals surface area contributed by atoms with Crippen LogP contribution in [0.2, 0.25) is 0 Å². The van der Waals surface area contributed by atoms with Crippen molar-refractivity contribution in [1.82, 2.24) is 14.8 Å². The van der Waals surface area contributed by atoms with Crippen molar-refractivity contribution >= 4 is 18.2 Å². The maximum absolute atomic E-state index is 5.28. The van der Waals surface area contributed by atoms with E-state index in [0.29, 0.717) is 16.7 Å². The first-order chi connectivity index (χ1) is 8.54. The molecule has 1 heterocycles. The molecule has 18 heavy (non-hydrogen) atoms. The molecule has 5 heteroatoms. The van der Waals surface area contributed by atoms with E-state index in [1.165, 1.54) is 0 Å². The number of hydrogen-bond acceptors (Lipinski definition) is 3. The fourth-order valence-electron chi connectivity index (χ4n) is 2.33. The molecule has 0 saturated carbocycles. The SMILES string of the molecule is CCC(CC)N(CC(C)C)c1n[nH]c(=S)n1CC. The van der Waals surface area contributed by atoms with Crippen molar-refractivity contribution in [3.8, 4) is 0 Å². The molecule has 0 amide bonds. The van der Waals surface area contributed by atoms with Gasteiger partial charge in [0.1, 0.15) is 0 Å². The van der Waals surface area contributed by atoms with Crippen LogP contribution in [0.3, 0.4) is 0 Å². The van der Waals surface area contributed by atoms with Crippen LogP contribution < -0.4 is 4.90 Å². The third-order valence-corrected chi connectivity index (χ3v) is 3.57. The van der Waals surface area contributed by atoms with E-state index in [-0.39, 0.29) is 0 Å². The smallest absolute Gasteiger partial charge is 0.225 e. The van der Waals surface area contributed by atoms with E-state index in [1.54, 1.807) is 0 Å². The Bertz CT molecular complexity index is 403. The van der Waals surface area contributed by atoms with Crippen molar-refractivity contribution in [2.24, 2.45) is 5.92 Å². The Kier molecular flexibility index (Phi) is 5.85. The second kappa shape index (κ2) is 6.92. The minimum atomic E-state index is 0.530. The summed E-state index contributed by atoms with van der Waals surface area (Å²) in [5.41, 5.74) is 0. The van der Waals surface area contributed by atoms with E-state index in [1.807, 2.05) is 0 Å². The van der Waals surface area contributed by atoms with Crippen LogP contribution in [0.15, 0.2) is 0 Å². The Morgan fingerprint density at radius 2 is 1.89 bits per heavy atom. The predicted molar refractivity (Wildman–Crippen MR) is 79.6 cm³/mol. The summed E-state index contributed by atoms with van der Waals surface area (Å²) in [6, 6.07) is 0.530. The normalized spacial score (nSPS) is 11.5. The number of aromatic nitrogens is 3. The van der Waals surface area contributed by atoms with Gasteiger partial charge < -0.3 is 4.90 Å². The fourth-order valence-corrected chi connectivity index (χ4v) is 2.59. The van der Waals surface area contributed by atoms with Gasteiger partial charge in [-0.1, -0.05) is 27.7 Å². The molecule has 0 fully saturated rings. The number of nitrogens with one attached hydrogen (secondary N) is 1. The molecule has 0 atom stereocenters. The molecule has 1 aromatic rings. The molecule has 0 aliphatic rings. The molecule has 0 aromatic carbocycles. The summed E-state index contributed by atoms with van der Waals surface area (Å²) in [5, 5.41) is 7.35. The first kappa shape index (κ1) is 15.2. The third kappa shape index (κ3) is 3.34.